The summed E-state index contributed by atoms with van der Waals surface area (Å²) in [6.45, 7) is 6.07. The number of H-pyrrole nitrogens is 1. The van der Waals surface area contributed by atoms with Gasteiger partial charge < -0.3 is 15.2 Å². The Morgan fingerprint density at radius 3 is 2.57 bits per heavy atom. The van der Waals surface area contributed by atoms with Crippen LogP contribution in [0.1, 0.15) is 37.9 Å². The van der Waals surface area contributed by atoms with Gasteiger partial charge in [-0.1, -0.05) is 20.8 Å². The van der Waals surface area contributed by atoms with Crippen LogP contribution in [0.4, 0.5) is 0 Å². The van der Waals surface area contributed by atoms with E-state index in [0.717, 1.165) is 28.6 Å². The van der Waals surface area contributed by atoms with Gasteiger partial charge in [-0.2, -0.15) is 0 Å². The molecule has 0 amide bonds. The van der Waals surface area contributed by atoms with Crippen LogP contribution in [0.2, 0.25) is 0 Å². The lowest BCUT2D eigenvalue weighted by Crippen LogP contribution is -2.00. The number of aromatic amines is 1. The predicted molar refractivity (Wildman–Crippen MR) is 113 cm³/mol. The summed E-state index contributed by atoms with van der Waals surface area (Å²) in [5.41, 5.74) is 4.30. The minimum Gasteiger partial charge on any atom is -0.508 e. The zero-order valence-corrected chi connectivity index (χ0v) is 16.8. The fraction of sp³-hybridized carbons (Fsp3) is 0.238. The molecule has 2 aromatic carbocycles. The molecule has 0 radical (unpaired) electrons. The quantitative estimate of drug-likeness (QED) is 0.375. The van der Waals surface area contributed by atoms with Crippen LogP contribution in [-0.2, 0) is 6.42 Å². The SMILES string of the molecule is CCc1cc2cc(-n3c(S)nnc3-c3cc(C(C)C)c(O)cc3O)ccc2[nH]1. The average molecular weight is 395 g/mol. The third-order valence-electron chi connectivity index (χ3n) is 4.95. The van der Waals surface area contributed by atoms with Gasteiger partial charge in [0.05, 0.1) is 11.3 Å². The van der Waals surface area contributed by atoms with Gasteiger partial charge in [0.15, 0.2) is 11.0 Å². The van der Waals surface area contributed by atoms with Gasteiger partial charge in [0.1, 0.15) is 11.5 Å². The Morgan fingerprint density at radius 2 is 1.86 bits per heavy atom. The number of rotatable bonds is 4. The van der Waals surface area contributed by atoms with E-state index in [1.807, 2.05) is 32.0 Å². The van der Waals surface area contributed by atoms with Crippen molar-refractivity contribution >= 4 is 23.5 Å². The molecule has 0 fully saturated rings. The zero-order valence-electron chi connectivity index (χ0n) is 15.9. The van der Waals surface area contributed by atoms with E-state index in [0.29, 0.717) is 16.5 Å². The molecule has 4 aromatic rings. The van der Waals surface area contributed by atoms with E-state index in [-0.39, 0.29) is 17.4 Å². The number of hydrogen-bond donors (Lipinski definition) is 4. The maximum Gasteiger partial charge on any atom is 0.193 e. The van der Waals surface area contributed by atoms with Gasteiger partial charge in [0.25, 0.3) is 0 Å². The smallest absolute Gasteiger partial charge is 0.193 e. The number of phenols is 2. The second kappa shape index (κ2) is 6.91. The number of aromatic hydroxyl groups is 2. The number of nitrogens with one attached hydrogen (secondary N) is 1. The number of benzene rings is 2. The zero-order chi connectivity index (χ0) is 20.0. The Balaban J connectivity index is 1.90. The van der Waals surface area contributed by atoms with E-state index in [2.05, 4.69) is 40.8 Å². The largest absolute Gasteiger partial charge is 0.508 e. The summed E-state index contributed by atoms with van der Waals surface area (Å²) in [6, 6.07) is 11.2. The van der Waals surface area contributed by atoms with E-state index in [1.165, 1.54) is 11.8 Å². The van der Waals surface area contributed by atoms with Gasteiger partial charge >= 0.3 is 0 Å². The summed E-state index contributed by atoms with van der Waals surface area (Å²) in [5.74, 6) is 0.569. The Hall–Kier alpha value is -2.93. The maximum absolute atomic E-state index is 10.5. The molecule has 0 unspecified atom stereocenters. The van der Waals surface area contributed by atoms with E-state index < -0.39 is 0 Å². The fourth-order valence-electron chi connectivity index (χ4n) is 3.43. The highest BCUT2D eigenvalue weighted by Crippen LogP contribution is 2.38. The molecule has 6 nitrogen and oxygen atoms in total. The second-order valence-electron chi connectivity index (χ2n) is 7.16. The van der Waals surface area contributed by atoms with Crippen LogP contribution in [0, 0.1) is 0 Å². The first-order chi connectivity index (χ1) is 13.4. The van der Waals surface area contributed by atoms with Crippen LogP contribution < -0.4 is 0 Å². The van der Waals surface area contributed by atoms with Crippen molar-refractivity contribution in [3.05, 3.63) is 47.7 Å². The highest BCUT2D eigenvalue weighted by atomic mass is 32.1. The van der Waals surface area contributed by atoms with Crippen molar-refractivity contribution in [3.63, 3.8) is 0 Å². The topological polar surface area (TPSA) is 87.0 Å². The maximum atomic E-state index is 10.5. The second-order valence-corrected chi connectivity index (χ2v) is 7.56. The molecule has 0 atom stereocenters. The average Bonchev–Trinajstić information content (AvgIpc) is 3.23. The number of aromatic nitrogens is 4. The van der Waals surface area contributed by atoms with Crippen LogP contribution in [0.25, 0.3) is 28.0 Å². The van der Waals surface area contributed by atoms with E-state index in [4.69, 9.17) is 0 Å². The molecule has 0 aliphatic rings. The summed E-state index contributed by atoms with van der Waals surface area (Å²) < 4.78 is 1.79. The van der Waals surface area contributed by atoms with Crippen LogP contribution in [-0.4, -0.2) is 30.0 Å². The van der Waals surface area contributed by atoms with Crippen molar-refractivity contribution in [2.24, 2.45) is 0 Å². The van der Waals surface area contributed by atoms with Crippen molar-refractivity contribution in [2.45, 2.75) is 38.3 Å². The van der Waals surface area contributed by atoms with Gasteiger partial charge in [-0.05, 0) is 48.2 Å². The molecule has 2 aromatic heterocycles. The molecule has 2 heterocycles. The summed E-state index contributed by atoms with van der Waals surface area (Å²) in [7, 11) is 0. The van der Waals surface area contributed by atoms with Crippen molar-refractivity contribution in [3.8, 4) is 28.6 Å². The van der Waals surface area contributed by atoms with Gasteiger partial charge in [0, 0.05) is 22.7 Å². The molecule has 0 saturated heterocycles. The van der Waals surface area contributed by atoms with Crippen LogP contribution in [0.5, 0.6) is 11.5 Å². The first-order valence-corrected chi connectivity index (χ1v) is 9.66. The Bertz CT molecular complexity index is 1180. The molecule has 28 heavy (non-hydrogen) atoms. The predicted octanol–water partition coefficient (Wildman–Crippen LogP) is 4.80. The van der Waals surface area contributed by atoms with Crippen molar-refractivity contribution in [1.29, 1.82) is 0 Å². The minimum atomic E-state index is -0.0557. The van der Waals surface area contributed by atoms with Crippen molar-refractivity contribution in [1.82, 2.24) is 19.7 Å². The summed E-state index contributed by atoms with van der Waals surface area (Å²) in [6.07, 6.45) is 0.930. The summed E-state index contributed by atoms with van der Waals surface area (Å²) in [4.78, 5) is 3.39. The van der Waals surface area contributed by atoms with Crippen LogP contribution in [0.3, 0.4) is 0 Å². The third kappa shape index (κ3) is 3.01. The van der Waals surface area contributed by atoms with E-state index in [9.17, 15) is 10.2 Å². The van der Waals surface area contributed by atoms with Crippen LogP contribution in [0.15, 0.2) is 41.6 Å². The lowest BCUT2D eigenvalue weighted by atomic mass is 9.98. The van der Waals surface area contributed by atoms with Gasteiger partial charge in [0.2, 0.25) is 0 Å². The van der Waals surface area contributed by atoms with Crippen molar-refractivity contribution < 1.29 is 10.2 Å². The lowest BCUT2D eigenvalue weighted by Gasteiger charge is -2.14. The Morgan fingerprint density at radius 1 is 1.07 bits per heavy atom. The number of aryl methyl sites for hydroxylation is 1. The summed E-state index contributed by atoms with van der Waals surface area (Å²) in [5, 5.41) is 30.5. The standard InChI is InChI=1S/C21H22N4O2S/c1-4-13-7-12-8-14(5-6-17(12)22-13)25-20(23-24-21(25)28)16-9-15(11(2)3)18(26)10-19(16)27/h5-11,22,26-27H,4H2,1-3H3,(H,24,28). The van der Waals surface area contributed by atoms with Gasteiger partial charge in [-0.3, -0.25) is 4.57 Å². The van der Waals surface area contributed by atoms with Gasteiger partial charge in [-0.15, -0.1) is 22.8 Å². The number of hydrogen-bond acceptors (Lipinski definition) is 5. The van der Waals surface area contributed by atoms with Crippen LogP contribution >= 0.6 is 12.6 Å². The molecule has 144 valence electrons. The van der Waals surface area contributed by atoms with Gasteiger partial charge in [-0.25, -0.2) is 0 Å². The Labute approximate surface area is 168 Å². The summed E-state index contributed by atoms with van der Waals surface area (Å²) >= 11 is 4.47. The number of phenolic OH excluding ortho intramolecular Hbond substituents is 2. The number of nitrogens with zero attached hydrogens (tertiary/aromatic N) is 3. The van der Waals surface area contributed by atoms with E-state index >= 15 is 0 Å². The molecule has 3 N–H and O–H groups in total. The first-order valence-electron chi connectivity index (χ1n) is 9.21. The molecule has 0 aliphatic heterocycles. The Kier molecular flexibility index (Phi) is 4.55. The molecule has 0 aliphatic carbocycles. The lowest BCUT2D eigenvalue weighted by molar-refractivity contribution is 0.444. The monoisotopic (exact) mass is 394 g/mol. The molecule has 0 saturated carbocycles. The number of thiol groups is 1. The molecule has 0 bridgehead atoms. The van der Waals surface area contributed by atoms with Crippen molar-refractivity contribution in [2.75, 3.05) is 0 Å². The highest BCUT2D eigenvalue weighted by Gasteiger charge is 2.20. The van der Waals surface area contributed by atoms with E-state index in [1.54, 1.807) is 10.6 Å². The first kappa shape index (κ1) is 18.4. The molecule has 7 heteroatoms. The number of fused-ring (bicyclic) bond motifs is 1. The molecular formula is C21H22N4O2S. The fourth-order valence-corrected chi connectivity index (χ4v) is 3.69. The highest BCUT2D eigenvalue weighted by molar-refractivity contribution is 7.80. The minimum absolute atomic E-state index is 0.0557. The molecule has 4 rings (SSSR count). The normalized spacial score (nSPS) is 11.6. The molecule has 0 spiro atoms. The molecular weight excluding hydrogens is 372 g/mol. The third-order valence-corrected chi connectivity index (χ3v) is 5.24.